The van der Waals surface area contributed by atoms with Crippen LogP contribution >= 0.6 is 0 Å². The number of hydrogen-bond donors (Lipinski definition) is 3. The lowest BCUT2D eigenvalue weighted by atomic mass is 10.1. The van der Waals surface area contributed by atoms with Gasteiger partial charge in [-0.1, -0.05) is 18.2 Å². The molecule has 2 atom stereocenters. The molecule has 6 nitrogen and oxygen atoms in total. The van der Waals surface area contributed by atoms with E-state index in [4.69, 9.17) is 0 Å². The third kappa shape index (κ3) is 4.02. The maximum Gasteiger partial charge on any atom is 0.222 e. The number of carbonyl (C=O) groups excluding carboxylic acids is 2. The van der Waals surface area contributed by atoms with Crippen LogP contribution in [-0.2, 0) is 16.0 Å². The minimum atomic E-state index is -0.153. The Morgan fingerprint density at radius 1 is 1.32 bits per heavy atom. The molecule has 1 aliphatic heterocycles. The first-order valence-corrected chi connectivity index (χ1v) is 8.79. The number of likely N-dealkylation sites (tertiary alicyclic amines) is 1. The van der Waals surface area contributed by atoms with Crippen LogP contribution in [-0.4, -0.2) is 52.5 Å². The van der Waals surface area contributed by atoms with Crippen molar-refractivity contribution in [2.45, 2.75) is 32.2 Å². The van der Waals surface area contributed by atoms with Gasteiger partial charge in [0.1, 0.15) is 0 Å². The summed E-state index contributed by atoms with van der Waals surface area (Å²) in [6.07, 6.45) is 4.12. The summed E-state index contributed by atoms with van der Waals surface area (Å²) in [5.41, 5.74) is 2.35. The van der Waals surface area contributed by atoms with Crippen molar-refractivity contribution in [2.24, 2.45) is 5.92 Å². The number of carbonyl (C=O) groups is 2. The summed E-state index contributed by atoms with van der Waals surface area (Å²) in [7, 11) is 0. The molecule has 6 heteroatoms. The normalized spacial score (nSPS) is 20.2. The van der Waals surface area contributed by atoms with Gasteiger partial charge in [0.05, 0.1) is 6.04 Å². The second-order valence-electron chi connectivity index (χ2n) is 6.76. The van der Waals surface area contributed by atoms with Gasteiger partial charge in [-0.3, -0.25) is 9.59 Å². The number of aromatic amines is 1. The topological polar surface area (TPSA) is 85.4 Å². The molecule has 25 heavy (non-hydrogen) atoms. The molecule has 1 aromatic carbocycles. The van der Waals surface area contributed by atoms with Crippen LogP contribution in [0.3, 0.4) is 0 Å². The molecular formula is C19H25N3O3. The highest BCUT2D eigenvalue weighted by atomic mass is 16.3. The maximum absolute atomic E-state index is 12.5. The molecule has 3 rings (SSSR count). The van der Waals surface area contributed by atoms with E-state index in [0.29, 0.717) is 19.5 Å². The highest BCUT2D eigenvalue weighted by Gasteiger charge is 2.34. The minimum Gasteiger partial charge on any atom is -0.396 e. The second-order valence-corrected chi connectivity index (χ2v) is 6.76. The number of hydrogen-bond acceptors (Lipinski definition) is 3. The lowest BCUT2D eigenvalue weighted by Gasteiger charge is -2.17. The van der Waals surface area contributed by atoms with Crippen LogP contribution in [0.5, 0.6) is 0 Å². The fraction of sp³-hybridized carbons (Fsp3) is 0.474. The molecular weight excluding hydrogens is 318 g/mol. The number of aryl methyl sites for hydroxylation is 1. The molecule has 2 heterocycles. The molecule has 1 fully saturated rings. The van der Waals surface area contributed by atoms with E-state index in [2.05, 4.69) is 16.4 Å². The Morgan fingerprint density at radius 2 is 2.12 bits per heavy atom. The van der Waals surface area contributed by atoms with E-state index in [1.54, 1.807) is 4.90 Å². The highest BCUT2D eigenvalue weighted by molar-refractivity contribution is 5.83. The van der Waals surface area contributed by atoms with Gasteiger partial charge in [-0.2, -0.15) is 0 Å². The van der Waals surface area contributed by atoms with E-state index < -0.39 is 0 Å². The summed E-state index contributed by atoms with van der Waals surface area (Å²) in [6.45, 7) is 2.42. The summed E-state index contributed by atoms with van der Waals surface area (Å²) in [6, 6.07) is 8.01. The number of H-pyrrole nitrogens is 1. The molecule has 1 aromatic heterocycles. The van der Waals surface area contributed by atoms with Crippen molar-refractivity contribution < 1.29 is 14.7 Å². The molecule has 0 spiro atoms. The number of rotatable bonds is 6. The highest BCUT2D eigenvalue weighted by Crippen LogP contribution is 2.21. The number of para-hydroxylation sites is 1. The summed E-state index contributed by atoms with van der Waals surface area (Å²) in [5.74, 6) is -0.121. The number of aliphatic hydroxyl groups is 1. The predicted molar refractivity (Wildman–Crippen MR) is 96.0 cm³/mol. The standard InChI is InChI=1S/C19H25N3O3/c1-13(24)21-18-11-22(10-15(18)12-23)19(25)8-4-5-14-9-20-17-7-3-2-6-16(14)17/h2-3,6-7,9,15,18,20,23H,4-5,8,10-12H2,1H3,(H,21,24)/t15-,18+/m0/s1. The van der Waals surface area contributed by atoms with Crippen LogP contribution in [0.15, 0.2) is 30.5 Å². The maximum atomic E-state index is 12.5. The van der Waals surface area contributed by atoms with Crippen LogP contribution in [0.4, 0.5) is 0 Å². The fourth-order valence-corrected chi connectivity index (χ4v) is 3.61. The van der Waals surface area contributed by atoms with Crippen molar-refractivity contribution >= 4 is 22.7 Å². The van der Waals surface area contributed by atoms with Gasteiger partial charge in [0, 0.05) is 56.1 Å². The zero-order valence-corrected chi connectivity index (χ0v) is 14.5. The molecule has 0 aliphatic carbocycles. The van der Waals surface area contributed by atoms with Crippen molar-refractivity contribution in [3.63, 3.8) is 0 Å². The zero-order valence-electron chi connectivity index (χ0n) is 14.5. The lowest BCUT2D eigenvalue weighted by molar-refractivity contribution is -0.130. The molecule has 2 aromatic rings. The van der Waals surface area contributed by atoms with Crippen molar-refractivity contribution in [1.29, 1.82) is 0 Å². The van der Waals surface area contributed by atoms with Crippen LogP contribution in [0.2, 0.25) is 0 Å². The number of aromatic nitrogens is 1. The van der Waals surface area contributed by atoms with Crippen LogP contribution in [0.1, 0.15) is 25.3 Å². The van der Waals surface area contributed by atoms with Crippen LogP contribution < -0.4 is 5.32 Å². The van der Waals surface area contributed by atoms with Crippen molar-refractivity contribution in [3.05, 3.63) is 36.0 Å². The number of benzene rings is 1. The van der Waals surface area contributed by atoms with E-state index in [0.717, 1.165) is 18.4 Å². The molecule has 0 radical (unpaired) electrons. The van der Waals surface area contributed by atoms with Gasteiger partial charge >= 0.3 is 0 Å². The molecule has 134 valence electrons. The first kappa shape index (κ1) is 17.5. The second kappa shape index (κ2) is 7.70. The molecule has 2 amide bonds. The van der Waals surface area contributed by atoms with E-state index in [1.165, 1.54) is 17.9 Å². The molecule has 1 aliphatic rings. The Labute approximate surface area is 147 Å². The Kier molecular flexibility index (Phi) is 5.38. The van der Waals surface area contributed by atoms with Crippen LogP contribution in [0.25, 0.3) is 10.9 Å². The zero-order chi connectivity index (χ0) is 17.8. The fourth-order valence-electron chi connectivity index (χ4n) is 3.61. The molecule has 0 bridgehead atoms. The van der Waals surface area contributed by atoms with Crippen molar-refractivity contribution in [3.8, 4) is 0 Å². The first-order valence-electron chi connectivity index (χ1n) is 8.79. The molecule has 0 unspecified atom stereocenters. The van der Waals surface area contributed by atoms with E-state index in [1.807, 2.05) is 24.4 Å². The Bertz CT molecular complexity index is 755. The predicted octanol–water partition coefficient (Wildman–Crippen LogP) is 1.45. The minimum absolute atomic E-state index is 0.0237. The molecule has 0 saturated carbocycles. The first-order chi connectivity index (χ1) is 12.1. The lowest BCUT2D eigenvalue weighted by Crippen LogP contribution is -2.40. The summed E-state index contributed by atoms with van der Waals surface area (Å²) < 4.78 is 0. The van der Waals surface area contributed by atoms with E-state index >= 15 is 0 Å². The molecule has 1 saturated heterocycles. The van der Waals surface area contributed by atoms with Gasteiger partial charge in [-0.15, -0.1) is 0 Å². The number of amides is 2. The summed E-state index contributed by atoms with van der Waals surface area (Å²) >= 11 is 0. The van der Waals surface area contributed by atoms with Gasteiger partial charge in [-0.05, 0) is 24.5 Å². The Balaban J connectivity index is 1.52. The number of aliphatic hydroxyl groups excluding tert-OH is 1. The van der Waals surface area contributed by atoms with Gasteiger partial charge < -0.3 is 20.3 Å². The van der Waals surface area contributed by atoms with Crippen LogP contribution in [0, 0.1) is 5.92 Å². The monoisotopic (exact) mass is 343 g/mol. The van der Waals surface area contributed by atoms with Gasteiger partial charge in [0.25, 0.3) is 0 Å². The van der Waals surface area contributed by atoms with E-state index in [-0.39, 0.29) is 30.4 Å². The largest absolute Gasteiger partial charge is 0.396 e. The van der Waals surface area contributed by atoms with Gasteiger partial charge in [0.15, 0.2) is 0 Å². The summed E-state index contributed by atoms with van der Waals surface area (Å²) in [5, 5.41) is 13.5. The Hall–Kier alpha value is -2.34. The summed E-state index contributed by atoms with van der Waals surface area (Å²) in [4.78, 5) is 28.7. The van der Waals surface area contributed by atoms with Gasteiger partial charge in [0.2, 0.25) is 11.8 Å². The smallest absolute Gasteiger partial charge is 0.222 e. The third-order valence-corrected chi connectivity index (χ3v) is 4.93. The Morgan fingerprint density at radius 3 is 2.88 bits per heavy atom. The van der Waals surface area contributed by atoms with E-state index in [9.17, 15) is 14.7 Å². The number of fused-ring (bicyclic) bond motifs is 1. The SMILES string of the molecule is CC(=O)N[C@@H]1CN(C(=O)CCCc2c[nH]c3ccccc23)C[C@H]1CO. The van der Waals surface area contributed by atoms with Crippen molar-refractivity contribution in [1.82, 2.24) is 15.2 Å². The number of nitrogens with one attached hydrogen (secondary N) is 2. The number of nitrogens with zero attached hydrogens (tertiary/aromatic N) is 1. The van der Waals surface area contributed by atoms with Crippen molar-refractivity contribution in [2.75, 3.05) is 19.7 Å². The average molecular weight is 343 g/mol. The third-order valence-electron chi connectivity index (χ3n) is 4.93. The quantitative estimate of drug-likeness (QED) is 0.742. The average Bonchev–Trinajstić information content (AvgIpc) is 3.18. The van der Waals surface area contributed by atoms with Gasteiger partial charge in [-0.25, -0.2) is 0 Å². The molecule has 3 N–H and O–H groups in total.